The van der Waals surface area contributed by atoms with Gasteiger partial charge in [0.2, 0.25) is 17.7 Å². The summed E-state index contributed by atoms with van der Waals surface area (Å²) < 4.78 is 15.0. The summed E-state index contributed by atoms with van der Waals surface area (Å²) in [4.78, 5) is 61.2. The van der Waals surface area contributed by atoms with Gasteiger partial charge in [-0.3, -0.25) is 14.4 Å². The average molecular weight is 513 g/mol. The van der Waals surface area contributed by atoms with Crippen LogP contribution in [0.1, 0.15) is 0 Å². The minimum atomic E-state index is -0.699. The molecule has 1 aliphatic heterocycles. The number of ether oxygens (including phenoxy) is 3. The molecule has 1 fully saturated rings. The quantitative estimate of drug-likeness (QED) is 0.239. The second-order valence-corrected chi connectivity index (χ2v) is 6.68. The molecule has 1 aromatic heterocycles. The van der Waals surface area contributed by atoms with Crippen molar-refractivity contribution < 1.29 is 33.4 Å². The molecular formula is C24H28N6O7. The van der Waals surface area contributed by atoms with Crippen molar-refractivity contribution in [3.8, 4) is 18.0 Å². The summed E-state index contributed by atoms with van der Waals surface area (Å²) in [6, 6.07) is -0.320. The van der Waals surface area contributed by atoms with E-state index in [9.17, 15) is 19.2 Å². The smallest absolute Gasteiger partial charge is 0.337 e. The maximum atomic E-state index is 11.6. The van der Waals surface area contributed by atoms with E-state index in [1.54, 1.807) is 0 Å². The molecule has 1 aliphatic rings. The number of carbonyl (C=O) groups is 4. The fraction of sp³-hybridized carbons (Fsp3) is 0.208. The molecule has 13 nitrogen and oxygen atoms in total. The van der Waals surface area contributed by atoms with Crippen LogP contribution in [0.3, 0.4) is 0 Å². The first-order valence-electron chi connectivity index (χ1n) is 10.5. The van der Waals surface area contributed by atoms with Crippen LogP contribution in [0.5, 0.6) is 18.0 Å². The van der Waals surface area contributed by atoms with Crippen molar-refractivity contribution in [2.75, 3.05) is 33.2 Å². The monoisotopic (exact) mass is 512 g/mol. The van der Waals surface area contributed by atoms with Crippen molar-refractivity contribution in [1.29, 1.82) is 0 Å². The van der Waals surface area contributed by atoms with Crippen LogP contribution in [0.15, 0.2) is 75.9 Å². The zero-order chi connectivity index (χ0) is 27.8. The van der Waals surface area contributed by atoms with Crippen LogP contribution in [0, 0.1) is 0 Å². The lowest BCUT2D eigenvalue weighted by Gasteiger charge is -2.41. The maximum absolute atomic E-state index is 11.6. The molecule has 1 saturated heterocycles. The van der Waals surface area contributed by atoms with E-state index in [1.807, 2.05) is 0 Å². The molecule has 0 aliphatic carbocycles. The third-order valence-corrected chi connectivity index (χ3v) is 4.08. The second-order valence-electron chi connectivity index (χ2n) is 6.68. The van der Waals surface area contributed by atoms with Crippen LogP contribution in [0.25, 0.3) is 0 Å². The van der Waals surface area contributed by atoms with Crippen LogP contribution >= 0.6 is 0 Å². The summed E-state index contributed by atoms with van der Waals surface area (Å²) in [6.45, 7) is 21.1. The molecule has 196 valence electrons. The molecule has 0 saturated carbocycles. The molecule has 0 bridgehead atoms. The van der Waals surface area contributed by atoms with Crippen LogP contribution in [0.4, 0.5) is 0 Å². The molecule has 37 heavy (non-hydrogen) atoms. The highest BCUT2D eigenvalue weighted by molar-refractivity contribution is 5.92. The molecule has 3 amide bonds. The van der Waals surface area contributed by atoms with Gasteiger partial charge in [-0.15, -0.1) is 15.0 Å². The zero-order valence-electron chi connectivity index (χ0n) is 20.3. The van der Waals surface area contributed by atoms with Crippen LogP contribution in [-0.4, -0.2) is 86.6 Å². The molecule has 0 radical (unpaired) electrons. The van der Waals surface area contributed by atoms with Crippen LogP contribution < -0.4 is 14.2 Å². The number of hydrogen-bond donors (Lipinski definition) is 0. The van der Waals surface area contributed by atoms with Crippen molar-refractivity contribution in [2.24, 2.45) is 0 Å². The number of aromatic nitrogens is 3. The molecule has 1 aromatic rings. The molecule has 0 N–H and O–H groups in total. The molecule has 2 heterocycles. The van der Waals surface area contributed by atoms with E-state index < -0.39 is 5.97 Å². The SMILES string of the molecule is C=CC(=O)N1CN(C(=O)C=C)CN(C(=O)C=C)C1.C=CCOc1nc(OCC=C)nc(OC(=O)C=C)n1. The highest BCUT2D eigenvalue weighted by Crippen LogP contribution is 2.15. The van der Waals surface area contributed by atoms with Gasteiger partial charge in [0, 0.05) is 6.08 Å². The van der Waals surface area contributed by atoms with E-state index in [2.05, 4.69) is 54.4 Å². The number of amides is 3. The van der Waals surface area contributed by atoms with Gasteiger partial charge in [0.05, 0.1) is 20.0 Å². The Morgan fingerprint density at radius 3 is 1.27 bits per heavy atom. The highest BCUT2D eigenvalue weighted by Gasteiger charge is 2.29. The predicted molar refractivity (Wildman–Crippen MR) is 133 cm³/mol. The first-order valence-corrected chi connectivity index (χ1v) is 10.5. The summed E-state index contributed by atoms with van der Waals surface area (Å²) in [5.74, 6) is -1.74. The van der Waals surface area contributed by atoms with Gasteiger partial charge in [0.1, 0.15) is 13.2 Å². The molecule has 2 rings (SSSR count). The Bertz CT molecular complexity index is 974. The van der Waals surface area contributed by atoms with Crippen molar-refractivity contribution >= 4 is 23.7 Å². The van der Waals surface area contributed by atoms with E-state index in [4.69, 9.17) is 14.2 Å². The Hall–Kier alpha value is -5.07. The summed E-state index contributed by atoms with van der Waals surface area (Å²) in [5, 5.41) is 0. The molecule has 0 spiro atoms. The number of nitrogens with zero attached hydrogens (tertiary/aromatic N) is 6. The Morgan fingerprint density at radius 2 is 0.973 bits per heavy atom. The van der Waals surface area contributed by atoms with Crippen molar-refractivity contribution in [2.45, 2.75) is 0 Å². The fourth-order valence-corrected chi connectivity index (χ4v) is 2.45. The summed E-state index contributed by atoms with van der Waals surface area (Å²) in [5.41, 5.74) is 0. The van der Waals surface area contributed by atoms with E-state index in [-0.39, 0.29) is 69.0 Å². The Labute approximate surface area is 214 Å². The number of rotatable bonds is 11. The maximum Gasteiger partial charge on any atom is 0.337 e. The Morgan fingerprint density at radius 1 is 0.622 bits per heavy atom. The van der Waals surface area contributed by atoms with Gasteiger partial charge in [0.15, 0.2) is 0 Å². The highest BCUT2D eigenvalue weighted by atomic mass is 16.6. The third-order valence-electron chi connectivity index (χ3n) is 4.08. The normalized spacial score (nSPS) is 12.1. The minimum Gasteiger partial charge on any atom is -0.459 e. The first kappa shape index (κ1) is 30.0. The van der Waals surface area contributed by atoms with E-state index in [0.717, 1.165) is 24.3 Å². The van der Waals surface area contributed by atoms with E-state index in [1.165, 1.54) is 26.9 Å². The van der Waals surface area contributed by atoms with Gasteiger partial charge >= 0.3 is 24.0 Å². The molecule has 0 unspecified atom stereocenters. The largest absolute Gasteiger partial charge is 0.459 e. The van der Waals surface area contributed by atoms with Crippen molar-refractivity contribution in [3.05, 3.63) is 75.9 Å². The lowest BCUT2D eigenvalue weighted by molar-refractivity contribution is -0.152. The Balaban J connectivity index is 0.000000371. The van der Waals surface area contributed by atoms with Gasteiger partial charge < -0.3 is 28.9 Å². The topological polar surface area (TPSA) is 144 Å². The first-order chi connectivity index (χ1) is 17.7. The van der Waals surface area contributed by atoms with Gasteiger partial charge in [0.25, 0.3) is 0 Å². The predicted octanol–water partition coefficient (Wildman–Crippen LogP) is 1.01. The molecular weight excluding hydrogens is 484 g/mol. The van der Waals surface area contributed by atoms with Gasteiger partial charge in [-0.1, -0.05) is 51.6 Å². The molecule has 0 aromatic carbocycles. The summed E-state index contributed by atoms with van der Waals surface area (Å²) in [6.07, 6.45) is 7.43. The van der Waals surface area contributed by atoms with Crippen molar-refractivity contribution in [3.63, 3.8) is 0 Å². The lowest BCUT2D eigenvalue weighted by Crippen LogP contribution is -2.58. The molecule has 13 heteroatoms. The van der Waals surface area contributed by atoms with Gasteiger partial charge in [-0.05, 0) is 18.2 Å². The third kappa shape index (κ3) is 9.98. The number of esters is 1. The van der Waals surface area contributed by atoms with Gasteiger partial charge in [-0.2, -0.15) is 0 Å². The average Bonchev–Trinajstić information content (AvgIpc) is 2.93. The minimum absolute atomic E-state index is 0.0409. The van der Waals surface area contributed by atoms with Crippen LogP contribution in [-0.2, 0) is 19.2 Å². The van der Waals surface area contributed by atoms with Gasteiger partial charge in [-0.25, -0.2) is 4.79 Å². The number of hydrogen-bond acceptors (Lipinski definition) is 10. The van der Waals surface area contributed by atoms with Crippen LogP contribution in [0.2, 0.25) is 0 Å². The van der Waals surface area contributed by atoms with E-state index in [0.29, 0.717) is 0 Å². The summed E-state index contributed by atoms with van der Waals surface area (Å²) >= 11 is 0. The fourth-order valence-electron chi connectivity index (χ4n) is 2.45. The second kappa shape index (κ2) is 15.8. The lowest BCUT2D eigenvalue weighted by atomic mass is 10.4. The van der Waals surface area contributed by atoms with E-state index >= 15 is 0 Å². The zero-order valence-corrected chi connectivity index (χ0v) is 20.3. The summed E-state index contributed by atoms with van der Waals surface area (Å²) in [7, 11) is 0. The number of carbonyl (C=O) groups excluding carboxylic acids is 4. The molecule has 0 atom stereocenters. The standard InChI is InChI=1S/C12H13N3O4.C12H15N3O3/c1-4-7-17-10-13-11(18-8-5-2)15-12(14-10)19-9(16)6-3;1-4-10(16)13-7-14(11(17)5-2)9-15(8-13)12(18)6-3/h4-6H,1-3,7-8H2;4-6H,1-3,7-9H2. The van der Waals surface area contributed by atoms with Crippen molar-refractivity contribution in [1.82, 2.24) is 29.7 Å². The Kier molecular flexibility index (Phi) is 12.8.